The Morgan fingerprint density at radius 1 is 1.00 bits per heavy atom. The monoisotopic (exact) mass is 290 g/mol. The smallest absolute Gasteiger partial charge is 0.185 e. The van der Waals surface area contributed by atoms with E-state index in [1.54, 1.807) is 51.8 Å². The zero-order chi connectivity index (χ0) is 15.2. The fourth-order valence-electron chi connectivity index (χ4n) is 1.91. The summed E-state index contributed by atoms with van der Waals surface area (Å²) in [6.45, 7) is 0.242. The molecule has 2 aromatic rings. The Balaban J connectivity index is 2.15. The van der Waals surface area contributed by atoms with E-state index in [9.17, 15) is 0 Å². The van der Waals surface area contributed by atoms with E-state index < -0.39 is 0 Å². The lowest BCUT2D eigenvalue weighted by atomic mass is 10.2. The maximum Gasteiger partial charge on any atom is 0.185 e. The summed E-state index contributed by atoms with van der Waals surface area (Å²) in [4.78, 5) is 4.24. The van der Waals surface area contributed by atoms with E-state index >= 15 is 0 Å². The lowest BCUT2D eigenvalue weighted by Crippen LogP contribution is -2.03. The van der Waals surface area contributed by atoms with Crippen LogP contribution in [0.5, 0.6) is 23.0 Å². The van der Waals surface area contributed by atoms with Crippen molar-refractivity contribution in [2.24, 2.45) is 0 Å². The number of nitrogen functional groups attached to an aromatic ring is 1. The number of methoxy groups -OCH3 is 3. The second-order valence-corrected chi connectivity index (χ2v) is 4.19. The number of rotatable bonds is 6. The molecule has 0 unspecified atom stereocenters. The van der Waals surface area contributed by atoms with Crippen molar-refractivity contribution in [1.82, 2.24) is 4.98 Å². The zero-order valence-electron chi connectivity index (χ0n) is 12.3. The van der Waals surface area contributed by atoms with Gasteiger partial charge in [-0.25, -0.2) is 0 Å². The van der Waals surface area contributed by atoms with Crippen LogP contribution in [0.2, 0.25) is 0 Å². The molecule has 1 aromatic carbocycles. The molecule has 6 heteroatoms. The van der Waals surface area contributed by atoms with E-state index in [2.05, 4.69) is 4.98 Å². The summed E-state index contributed by atoms with van der Waals surface area (Å²) in [5.74, 6) is 2.40. The molecular weight excluding hydrogens is 272 g/mol. The van der Waals surface area contributed by atoms with Gasteiger partial charge in [-0.3, -0.25) is 4.98 Å². The number of anilines is 1. The standard InChI is InChI=1S/C15H18N2O4/c1-18-13-5-4-10(8-11(13)16)21-9-12-15(20-3)14(19-2)6-7-17-12/h4-8H,9,16H2,1-3H3. The quantitative estimate of drug-likeness (QED) is 0.822. The topological polar surface area (TPSA) is 75.8 Å². The molecule has 2 N–H and O–H groups in total. The summed E-state index contributed by atoms with van der Waals surface area (Å²) in [5, 5.41) is 0. The minimum absolute atomic E-state index is 0.242. The maximum absolute atomic E-state index is 5.84. The van der Waals surface area contributed by atoms with E-state index in [0.717, 1.165) is 0 Å². The van der Waals surface area contributed by atoms with Crippen LogP contribution in [-0.4, -0.2) is 26.3 Å². The van der Waals surface area contributed by atoms with Gasteiger partial charge < -0.3 is 24.7 Å². The molecule has 0 radical (unpaired) electrons. The highest BCUT2D eigenvalue weighted by molar-refractivity contribution is 5.56. The third kappa shape index (κ3) is 3.28. The number of nitrogens with zero attached hydrogens (tertiary/aromatic N) is 1. The average molecular weight is 290 g/mol. The van der Waals surface area contributed by atoms with Crippen molar-refractivity contribution in [2.75, 3.05) is 27.1 Å². The van der Waals surface area contributed by atoms with Crippen LogP contribution in [0.1, 0.15) is 5.69 Å². The maximum atomic E-state index is 5.84. The normalized spacial score (nSPS) is 10.0. The minimum Gasteiger partial charge on any atom is -0.495 e. The van der Waals surface area contributed by atoms with Crippen LogP contribution in [0.25, 0.3) is 0 Å². The van der Waals surface area contributed by atoms with Crippen molar-refractivity contribution in [2.45, 2.75) is 6.61 Å². The zero-order valence-corrected chi connectivity index (χ0v) is 12.3. The predicted molar refractivity (Wildman–Crippen MR) is 79.1 cm³/mol. The predicted octanol–water partition coefficient (Wildman–Crippen LogP) is 2.27. The summed E-state index contributed by atoms with van der Waals surface area (Å²) in [7, 11) is 4.71. The van der Waals surface area contributed by atoms with Crippen LogP contribution in [0.15, 0.2) is 30.5 Å². The molecule has 0 amide bonds. The molecule has 2 rings (SSSR count). The van der Waals surface area contributed by atoms with Gasteiger partial charge in [-0.1, -0.05) is 0 Å². The van der Waals surface area contributed by atoms with Crippen LogP contribution in [-0.2, 0) is 6.61 Å². The van der Waals surface area contributed by atoms with E-state index in [4.69, 9.17) is 24.7 Å². The van der Waals surface area contributed by atoms with Crippen LogP contribution >= 0.6 is 0 Å². The van der Waals surface area contributed by atoms with Gasteiger partial charge >= 0.3 is 0 Å². The Labute approximate surface area is 123 Å². The largest absolute Gasteiger partial charge is 0.495 e. The van der Waals surface area contributed by atoms with Gasteiger partial charge in [-0.2, -0.15) is 0 Å². The van der Waals surface area contributed by atoms with Crippen LogP contribution in [0.4, 0.5) is 5.69 Å². The number of benzene rings is 1. The molecule has 112 valence electrons. The summed E-state index contributed by atoms with van der Waals surface area (Å²) in [5.41, 5.74) is 7.00. The van der Waals surface area contributed by atoms with Crippen LogP contribution < -0.4 is 24.7 Å². The van der Waals surface area contributed by atoms with Crippen molar-refractivity contribution in [3.8, 4) is 23.0 Å². The summed E-state index contributed by atoms with van der Waals surface area (Å²) < 4.78 is 21.3. The van der Waals surface area contributed by atoms with Crippen molar-refractivity contribution in [3.63, 3.8) is 0 Å². The van der Waals surface area contributed by atoms with Gasteiger partial charge in [0.2, 0.25) is 0 Å². The Hall–Kier alpha value is -2.63. The second-order valence-electron chi connectivity index (χ2n) is 4.19. The van der Waals surface area contributed by atoms with Gasteiger partial charge in [0, 0.05) is 18.3 Å². The lowest BCUT2D eigenvalue weighted by Gasteiger charge is -2.13. The summed E-state index contributed by atoms with van der Waals surface area (Å²) in [6.07, 6.45) is 1.64. The Bertz CT molecular complexity index is 617. The van der Waals surface area contributed by atoms with E-state index in [1.807, 2.05) is 0 Å². The molecule has 0 spiro atoms. The van der Waals surface area contributed by atoms with Gasteiger partial charge in [0.05, 0.1) is 27.0 Å². The molecule has 1 aromatic heterocycles. The van der Waals surface area contributed by atoms with Gasteiger partial charge in [0.15, 0.2) is 11.5 Å². The lowest BCUT2D eigenvalue weighted by molar-refractivity contribution is 0.284. The number of nitrogens with two attached hydrogens (primary N) is 1. The average Bonchev–Trinajstić information content (AvgIpc) is 2.52. The van der Waals surface area contributed by atoms with E-state index in [0.29, 0.717) is 34.4 Å². The molecule has 0 fully saturated rings. The highest BCUT2D eigenvalue weighted by Crippen LogP contribution is 2.31. The van der Waals surface area contributed by atoms with Gasteiger partial charge in [-0.05, 0) is 12.1 Å². The van der Waals surface area contributed by atoms with E-state index in [-0.39, 0.29) is 6.61 Å². The highest BCUT2D eigenvalue weighted by Gasteiger charge is 2.12. The summed E-state index contributed by atoms with van der Waals surface area (Å²) in [6, 6.07) is 6.96. The SMILES string of the molecule is COc1ccc(OCc2nccc(OC)c2OC)cc1N. The Kier molecular flexibility index (Phi) is 4.71. The Morgan fingerprint density at radius 3 is 2.38 bits per heavy atom. The summed E-state index contributed by atoms with van der Waals surface area (Å²) >= 11 is 0. The minimum atomic E-state index is 0.242. The molecule has 0 saturated carbocycles. The number of hydrogen-bond acceptors (Lipinski definition) is 6. The first kappa shape index (κ1) is 14.8. The Morgan fingerprint density at radius 2 is 1.76 bits per heavy atom. The highest BCUT2D eigenvalue weighted by atomic mass is 16.5. The number of hydrogen-bond donors (Lipinski definition) is 1. The molecule has 0 saturated heterocycles. The first-order valence-corrected chi connectivity index (χ1v) is 6.31. The van der Waals surface area contributed by atoms with Gasteiger partial charge in [-0.15, -0.1) is 0 Å². The molecule has 0 atom stereocenters. The van der Waals surface area contributed by atoms with Crippen molar-refractivity contribution < 1.29 is 18.9 Å². The first-order valence-electron chi connectivity index (χ1n) is 6.31. The first-order chi connectivity index (χ1) is 10.2. The molecule has 0 aliphatic rings. The van der Waals surface area contributed by atoms with Crippen molar-refractivity contribution in [1.29, 1.82) is 0 Å². The number of aromatic nitrogens is 1. The third-order valence-electron chi connectivity index (χ3n) is 2.94. The number of pyridine rings is 1. The van der Waals surface area contributed by atoms with Crippen molar-refractivity contribution in [3.05, 3.63) is 36.2 Å². The molecular formula is C15H18N2O4. The molecule has 0 aliphatic carbocycles. The van der Waals surface area contributed by atoms with Gasteiger partial charge in [0.25, 0.3) is 0 Å². The van der Waals surface area contributed by atoms with Crippen molar-refractivity contribution >= 4 is 5.69 Å². The number of ether oxygens (including phenoxy) is 4. The molecule has 1 heterocycles. The van der Waals surface area contributed by atoms with Gasteiger partial charge in [0.1, 0.15) is 23.8 Å². The van der Waals surface area contributed by atoms with E-state index in [1.165, 1.54) is 0 Å². The third-order valence-corrected chi connectivity index (χ3v) is 2.94. The second kappa shape index (κ2) is 6.69. The molecule has 0 bridgehead atoms. The molecule has 21 heavy (non-hydrogen) atoms. The fourth-order valence-corrected chi connectivity index (χ4v) is 1.91. The molecule has 6 nitrogen and oxygen atoms in total. The molecule has 0 aliphatic heterocycles. The van der Waals surface area contributed by atoms with Crippen LogP contribution in [0, 0.1) is 0 Å². The fraction of sp³-hybridized carbons (Fsp3) is 0.267. The van der Waals surface area contributed by atoms with Crippen LogP contribution in [0.3, 0.4) is 0 Å².